The highest BCUT2D eigenvalue weighted by atomic mass is 16.6. The predicted molar refractivity (Wildman–Crippen MR) is 56.8 cm³/mol. The molecule has 0 atom stereocenters. The van der Waals surface area contributed by atoms with E-state index in [-0.39, 0.29) is 12.1 Å². The van der Waals surface area contributed by atoms with Crippen LogP contribution < -0.4 is 4.90 Å². The van der Waals surface area contributed by atoms with Gasteiger partial charge in [0.05, 0.1) is 6.61 Å². The van der Waals surface area contributed by atoms with E-state index in [1.54, 1.807) is 18.0 Å². The van der Waals surface area contributed by atoms with E-state index in [2.05, 4.69) is 4.98 Å². The second-order valence-corrected chi connectivity index (χ2v) is 3.49. The first-order chi connectivity index (χ1) is 7.33. The number of anilines is 1. The Bertz CT molecular complexity index is 336. The van der Waals surface area contributed by atoms with Gasteiger partial charge in [0, 0.05) is 12.2 Å². The van der Waals surface area contributed by atoms with E-state index in [1.807, 2.05) is 18.2 Å². The highest BCUT2D eigenvalue weighted by Gasteiger charge is 2.35. The minimum absolute atomic E-state index is 0.277. The molecule has 4 heteroatoms. The van der Waals surface area contributed by atoms with Crippen molar-refractivity contribution in [1.82, 2.24) is 4.98 Å². The maximum absolute atomic E-state index is 11.7. The molecule has 4 nitrogen and oxygen atoms in total. The number of nitrogens with zero attached hydrogens (tertiary/aromatic N) is 2. The fourth-order valence-corrected chi connectivity index (χ4v) is 1.45. The molecule has 0 radical (unpaired) electrons. The number of hydrogen-bond donors (Lipinski definition) is 0. The number of hydrogen-bond acceptors (Lipinski definition) is 3. The largest absolute Gasteiger partial charge is 0.449 e. The number of amides is 1. The molecular weight excluding hydrogens is 192 g/mol. The van der Waals surface area contributed by atoms with Crippen molar-refractivity contribution >= 4 is 11.9 Å². The van der Waals surface area contributed by atoms with Gasteiger partial charge in [-0.25, -0.2) is 9.78 Å². The first-order valence-corrected chi connectivity index (χ1v) is 5.20. The smallest absolute Gasteiger partial charge is 0.415 e. The zero-order valence-corrected chi connectivity index (χ0v) is 8.72. The molecule has 1 aliphatic carbocycles. The molecule has 0 aliphatic heterocycles. The molecule has 1 aromatic heterocycles. The van der Waals surface area contributed by atoms with Crippen LogP contribution in [0.2, 0.25) is 0 Å². The summed E-state index contributed by atoms with van der Waals surface area (Å²) in [7, 11) is 0. The summed E-state index contributed by atoms with van der Waals surface area (Å²) in [5, 5.41) is 0. The molecule has 0 aromatic carbocycles. The van der Waals surface area contributed by atoms with Crippen LogP contribution in [0.4, 0.5) is 10.6 Å². The van der Waals surface area contributed by atoms with Crippen LogP contribution in [0.25, 0.3) is 0 Å². The molecule has 0 bridgehead atoms. The number of aromatic nitrogens is 1. The minimum Gasteiger partial charge on any atom is -0.449 e. The van der Waals surface area contributed by atoms with Crippen LogP contribution >= 0.6 is 0 Å². The van der Waals surface area contributed by atoms with Crippen LogP contribution in [0.5, 0.6) is 0 Å². The molecule has 1 aromatic rings. The monoisotopic (exact) mass is 206 g/mol. The lowest BCUT2D eigenvalue weighted by molar-refractivity contribution is 0.159. The van der Waals surface area contributed by atoms with Crippen molar-refractivity contribution in [3.8, 4) is 0 Å². The predicted octanol–water partition coefficient (Wildman–Crippen LogP) is 2.21. The van der Waals surface area contributed by atoms with Gasteiger partial charge in [-0.3, -0.25) is 4.90 Å². The topological polar surface area (TPSA) is 42.4 Å². The van der Waals surface area contributed by atoms with Crippen molar-refractivity contribution in [2.45, 2.75) is 25.8 Å². The van der Waals surface area contributed by atoms with Crippen LogP contribution in [0.15, 0.2) is 24.4 Å². The Morgan fingerprint density at radius 3 is 2.93 bits per heavy atom. The molecule has 1 saturated carbocycles. The van der Waals surface area contributed by atoms with Crippen LogP contribution in [0.1, 0.15) is 19.8 Å². The lowest BCUT2D eigenvalue weighted by atomic mass is 10.4. The average Bonchev–Trinajstić information content (AvgIpc) is 3.04. The first-order valence-electron chi connectivity index (χ1n) is 5.20. The van der Waals surface area contributed by atoms with Crippen molar-refractivity contribution in [3.63, 3.8) is 0 Å². The van der Waals surface area contributed by atoms with Gasteiger partial charge < -0.3 is 4.74 Å². The Morgan fingerprint density at radius 1 is 1.60 bits per heavy atom. The molecule has 1 aliphatic rings. The highest BCUT2D eigenvalue weighted by molar-refractivity contribution is 5.87. The van der Waals surface area contributed by atoms with Gasteiger partial charge in [-0.1, -0.05) is 6.07 Å². The van der Waals surface area contributed by atoms with Gasteiger partial charge in [0.25, 0.3) is 0 Å². The maximum Gasteiger partial charge on any atom is 0.415 e. The van der Waals surface area contributed by atoms with Crippen molar-refractivity contribution < 1.29 is 9.53 Å². The lowest BCUT2D eigenvalue weighted by Crippen LogP contribution is -2.34. The van der Waals surface area contributed by atoms with Crippen molar-refractivity contribution in [2.75, 3.05) is 11.5 Å². The van der Waals surface area contributed by atoms with Gasteiger partial charge in [0.1, 0.15) is 5.82 Å². The molecule has 1 amide bonds. The fraction of sp³-hybridized carbons (Fsp3) is 0.455. The van der Waals surface area contributed by atoms with Crippen LogP contribution in [0.3, 0.4) is 0 Å². The van der Waals surface area contributed by atoms with E-state index in [0.29, 0.717) is 12.4 Å². The molecule has 2 rings (SSSR count). The van der Waals surface area contributed by atoms with E-state index < -0.39 is 0 Å². The van der Waals surface area contributed by atoms with Gasteiger partial charge >= 0.3 is 6.09 Å². The van der Waals surface area contributed by atoms with Crippen molar-refractivity contribution in [2.24, 2.45) is 0 Å². The molecule has 1 heterocycles. The third kappa shape index (κ3) is 2.26. The fourth-order valence-electron chi connectivity index (χ4n) is 1.45. The Hall–Kier alpha value is -1.58. The normalized spacial score (nSPS) is 14.7. The molecule has 0 N–H and O–H groups in total. The number of ether oxygens (including phenoxy) is 1. The summed E-state index contributed by atoms with van der Waals surface area (Å²) in [5.74, 6) is 0.679. The second-order valence-electron chi connectivity index (χ2n) is 3.49. The van der Waals surface area contributed by atoms with E-state index in [4.69, 9.17) is 4.74 Å². The van der Waals surface area contributed by atoms with Gasteiger partial charge in [0.2, 0.25) is 0 Å². The molecule has 15 heavy (non-hydrogen) atoms. The molecule has 0 unspecified atom stereocenters. The number of pyridine rings is 1. The van der Waals surface area contributed by atoms with Crippen LogP contribution in [0, 0.1) is 0 Å². The van der Waals surface area contributed by atoms with E-state index >= 15 is 0 Å². The quantitative estimate of drug-likeness (QED) is 0.761. The van der Waals surface area contributed by atoms with Gasteiger partial charge in [-0.05, 0) is 31.9 Å². The van der Waals surface area contributed by atoms with Gasteiger partial charge in [-0.15, -0.1) is 0 Å². The molecular formula is C11H14N2O2. The average molecular weight is 206 g/mol. The van der Waals surface area contributed by atoms with Gasteiger partial charge in [0.15, 0.2) is 0 Å². The van der Waals surface area contributed by atoms with Gasteiger partial charge in [-0.2, -0.15) is 0 Å². The van der Waals surface area contributed by atoms with E-state index in [0.717, 1.165) is 12.8 Å². The summed E-state index contributed by atoms with van der Waals surface area (Å²) in [4.78, 5) is 17.5. The number of carbonyl (C=O) groups is 1. The first kappa shape index (κ1) is 9.96. The zero-order chi connectivity index (χ0) is 10.7. The lowest BCUT2D eigenvalue weighted by Gasteiger charge is -2.19. The SMILES string of the molecule is CCOC(=O)N(c1ccccn1)C1CC1. The second kappa shape index (κ2) is 4.29. The summed E-state index contributed by atoms with van der Waals surface area (Å²) < 4.78 is 5.01. The minimum atomic E-state index is -0.293. The standard InChI is InChI=1S/C11H14N2O2/c1-2-15-11(14)13(9-6-7-9)10-5-3-4-8-12-10/h3-5,8-9H,2,6-7H2,1H3. The summed E-state index contributed by atoms with van der Waals surface area (Å²) in [6.07, 6.45) is 3.47. The number of carbonyl (C=O) groups excluding carboxylic acids is 1. The van der Waals surface area contributed by atoms with Crippen LogP contribution in [-0.2, 0) is 4.74 Å². The van der Waals surface area contributed by atoms with E-state index in [1.165, 1.54) is 0 Å². The highest BCUT2D eigenvalue weighted by Crippen LogP contribution is 2.30. The Morgan fingerprint density at radius 2 is 2.40 bits per heavy atom. The number of rotatable bonds is 3. The third-order valence-electron chi connectivity index (χ3n) is 2.27. The summed E-state index contributed by atoms with van der Waals surface area (Å²) in [6, 6.07) is 5.81. The van der Waals surface area contributed by atoms with Crippen LogP contribution in [-0.4, -0.2) is 23.7 Å². The third-order valence-corrected chi connectivity index (χ3v) is 2.27. The summed E-state index contributed by atoms with van der Waals surface area (Å²) in [5.41, 5.74) is 0. The molecule has 0 spiro atoms. The molecule has 1 fully saturated rings. The summed E-state index contributed by atoms with van der Waals surface area (Å²) >= 11 is 0. The zero-order valence-electron chi connectivity index (χ0n) is 8.72. The Labute approximate surface area is 88.9 Å². The summed E-state index contributed by atoms with van der Waals surface area (Å²) in [6.45, 7) is 2.20. The van der Waals surface area contributed by atoms with Crippen molar-refractivity contribution in [3.05, 3.63) is 24.4 Å². The maximum atomic E-state index is 11.7. The Kier molecular flexibility index (Phi) is 2.85. The van der Waals surface area contributed by atoms with Crippen molar-refractivity contribution in [1.29, 1.82) is 0 Å². The van der Waals surface area contributed by atoms with E-state index in [9.17, 15) is 4.79 Å². The molecule has 0 saturated heterocycles. The molecule has 80 valence electrons. The Balaban J connectivity index is 2.16.